The van der Waals surface area contributed by atoms with Gasteiger partial charge in [-0.2, -0.15) is 0 Å². The molecule has 84 valence electrons. The van der Waals surface area contributed by atoms with Crippen molar-refractivity contribution < 1.29 is 5.11 Å². The number of aliphatic hydroxyl groups excluding tert-OH is 1. The van der Waals surface area contributed by atoms with Gasteiger partial charge in [-0.15, -0.1) is 0 Å². The second-order valence-electron chi connectivity index (χ2n) is 3.35. The van der Waals surface area contributed by atoms with E-state index < -0.39 is 0 Å². The van der Waals surface area contributed by atoms with Crippen LogP contribution in [0.4, 0.5) is 5.82 Å². The Labute approximate surface area is 98.3 Å². The minimum absolute atomic E-state index is 0.00461. The van der Waals surface area contributed by atoms with E-state index in [1.165, 1.54) is 0 Å². The van der Waals surface area contributed by atoms with E-state index >= 15 is 0 Å². The fraction of sp³-hybridized carbons (Fsp3) is 0.182. The van der Waals surface area contributed by atoms with Gasteiger partial charge in [-0.05, 0) is 0 Å². The van der Waals surface area contributed by atoms with Crippen LogP contribution >= 0.6 is 11.6 Å². The van der Waals surface area contributed by atoms with Gasteiger partial charge in [0.2, 0.25) is 0 Å². The van der Waals surface area contributed by atoms with E-state index in [4.69, 9.17) is 22.4 Å². The molecule has 2 aromatic rings. The zero-order valence-corrected chi connectivity index (χ0v) is 9.35. The summed E-state index contributed by atoms with van der Waals surface area (Å²) in [5, 5.41) is 9.35. The van der Waals surface area contributed by atoms with Gasteiger partial charge in [0.15, 0.2) is 11.0 Å². The number of anilines is 1. The van der Waals surface area contributed by atoms with Crippen molar-refractivity contribution in [1.82, 2.24) is 9.55 Å². The standard InChI is InChI=1S/C11H12ClN3O/c12-9-10(13)14-11(15(9)6-7-16)8-4-2-1-3-5-8/h1-5,16H,6-7,13H2. The van der Waals surface area contributed by atoms with Crippen LogP contribution in [0.15, 0.2) is 30.3 Å². The monoisotopic (exact) mass is 237 g/mol. The fourth-order valence-electron chi connectivity index (χ4n) is 1.56. The zero-order valence-electron chi connectivity index (χ0n) is 8.60. The molecule has 0 unspecified atom stereocenters. The van der Waals surface area contributed by atoms with E-state index in [1.807, 2.05) is 30.3 Å². The SMILES string of the molecule is Nc1nc(-c2ccccc2)n(CCO)c1Cl. The first-order valence-corrected chi connectivity index (χ1v) is 5.29. The second-order valence-corrected chi connectivity index (χ2v) is 3.71. The van der Waals surface area contributed by atoms with Crippen molar-refractivity contribution in [2.24, 2.45) is 0 Å². The van der Waals surface area contributed by atoms with Crippen molar-refractivity contribution in [3.05, 3.63) is 35.5 Å². The van der Waals surface area contributed by atoms with E-state index in [2.05, 4.69) is 4.98 Å². The van der Waals surface area contributed by atoms with Crippen molar-refractivity contribution in [2.75, 3.05) is 12.3 Å². The van der Waals surface area contributed by atoms with Gasteiger partial charge >= 0.3 is 0 Å². The number of benzene rings is 1. The lowest BCUT2D eigenvalue weighted by Crippen LogP contribution is -2.04. The van der Waals surface area contributed by atoms with Crippen LogP contribution in [0.2, 0.25) is 5.15 Å². The van der Waals surface area contributed by atoms with Crippen LogP contribution in [0.25, 0.3) is 11.4 Å². The van der Waals surface area contributed by atoms with Gasteiger partial charge in [0.1, 0.15) is 5.82 Å². The molecule has 0 bridgehead atoms. The molecule has 5 heteroatoms. The highest BCUT2D eigenvalue weighted by Gasteiger charge is 2.13. The predicted octanol–water partition coefficient (Wildman–Crippen LogP) is 1.78. The molecule has 3 N–H and O–H groups in total. The van der Waals surface area contributed by atoms with E-state index in [9.17, 15) is 0 Å². The highest BCUT2D eigenvalue weighted by Crippen LogP contribution is 2.27. The van der Waals surface area contributed by atoms with Gasteiger partial charge in [-0.25, -0.2) is 4.98 Å². The Hall–Kier alpha value is -1.52. The number of halogens is 1. The lowest BCUT2D eigenvalue weighted by Gasteiger charge is -2.06. The van der Waals surface area contributed by atoms with Crippen LogP contribution in [-0.2, 0) is 6.54 Å². The smallest absolute Gasteiger partial charge is 0.161 e. The third-order valence-corrected chi connectivity index (χ3v) is 2.68. The Kier molecular flexibility index (Phi) is 3.12. The van der Waals surface area contributed by atoms with Gasteiger partial charge < -0.3 is 15.4 Å². The maximum absolute atomic E-state index is 8.98. The van der Waals surface area contributed by atoms with Gasteiger partial charge in [0.05, 0.1) is 6.61 Å². The summed E-state index contributed by atoms with van der Waals surface area (Å²) in [5.74, 6) is 0.964. The number of nitrogen functional groups attached to an aromatic ring is 1. The van der Waals surface area contributed by atoms with Crippen LogP contribution in [0.1, 0.15) is 0 Å². The number of aromatic nitrogens is 2. The first kappa shape index (κ1) is 11.0. The van der Waals surface area contributed by atoms with E-state index in [1.54, 1.807) is 4.57 Å². The molecule has 0 atom stereocenters. The molecule has 0 aliphatic heterocycles. The van der Waals surface area contributed by atoms with Crippen molar-refractivity contribution >= 4 is 17.4 Å². The molecule has 0 saturated carbocycles. The number of imidazole rings is 1. The summed E-state index contributed by atoms with van der Waals surface area (Å²) in [5.41, 5.74) is 6.59. The maximum Gasteiger partial charge on any atom is 0.161 e. The topological polar surface area (TPSA) is 64.1 Å². The molecule has 0 spiro atoms. The molecule has 16 heavy (non-hydrogen) atoms. The first-order valence-electron chi connectivity index (χ1n) is 4.92. The molecule has 1 heterocycles. The first-order chi connectivity index (χ1) is 7.74. The average Bonchev–Trinajstić information content (AvgIpc) is 2.59. The normalized spacial score (nSPS) is 10.6. The third-order valence-electron chi connectivity index (χ3n) is 2.29. The summed E-state index contributed by atoms with van der Waals surface area (Å²) in [6.07, 6.45) is 0. The Balaban J connectivity index is 2.52. The lowest BCUT2D eigenvalue weighted by atomic mass is 10.2. The number of hydrogen-bond acceptors (Lipinski definition) is 3. The number of nitrogens with two attached hydrogens (primary N) is 1. The number of aliphatic hydroxyl groups is 1. The quantitative estimate of drug-likeness (QED) is 0.855. The van der Waals surface area contributed by atoms with Crippen LogP contribution < -0.4 is 5.73 Å². The molecule has 0 aliphatic carbocycles. The maximum atomic E-state index is 8.98. The Morgan fingerprint density at radius 2 is 2.00 bits per heavy atom. The summed E-state index contributed by atoms with van der Waals surface area (Å²) in [6, 6.07) is 9.60. The summed E-state index contributed by atoms with van der Waals surface area (Å²) in [4.78, 5) is 4.20. The lowest BCUT2D eigenvalue weighted by molar-refractivity contribution is 0.277. The molecule has 4 nitrogen and oxygen atoms in total. The number of nitrogens with zero attached hydrogens (tertiary/aromatic N) is 2. The van der Waals surface area contributed by atoms with Crippen molar-refractivity contribution in [3.63, 3.8) is 0 Å². The van der Waals surface area contributed by atoms with Crippen molar-refractivity contribution in [3.8, 4) is 11.4 Å². The summed E-state index contributed by atoms with van der Waals surface area (Å²) < 4.78 is 1.70. The van der Waals surface area contributed by atoms with Crippen molar-refractivity contribution in [2.45, 2.75) is 6.54 Å². The fourth-order valence-corrected chi connectivity index (χ4v) is 1.77. The number of hydrogen-bond donors (Lipinski definition) is 2. The third kappa shape index (κ3) is 1.89. The van der Waals surface area contributed by atoms with Crippen molar-refractivity contribution in [1.29, 1.82) is 0 Å². The molecule has 0 aliphatic rings. The van der Waals surface area contributed by atoms with Gasteiger partial charge in [-0.1, -0.05) is 41.9 Å². The van der Waals surface area contributed by atoms with E-state index in [0.717, 1.165) is 5.56 Å². The second kappa shape index (κ2) is 4.55. The molecule has 0 amide bonds. The van der Waals surface area contributed by atoms with Crippen LogP contribution in [-0.4, -0.2) is 21.3 Å². The molecule has 0 fully saturated rings. The average molecular weight is 238 g/mol. The molecule has 0 saturated heterocycles. The van der Waals surface area contributed by atoms with Crippen LogP contribution in [0, 0.1) is 0 Å². The Bertz CT molecular complexity index is 481. The summed E-state index contributed by atoms with van der Waals surface area (Å²) >= 11 is 6.01. The molecule has 1 aromatic heterocycles. The Morgan fingerprint density at radius 1 is 1.31 bits per heavy atom. The molecular formula is C11H12ClN3O. The predicted molar refractivity (Wildman–Crippen MR) is 64.2 cm³/mol. The molecule has 1 aromatic carbocycles. The summed E-state index contributed by atoms with van der Waals surface area (Å²) in [6.45, 7) is 0.378. The molecule has 2 rings (SSSR count). The molecular weight excluding hydrogens is 226 g/mol. The number of rotatable bonds is 3. The Morgan fingerprint density at radius 3 is 2.62 bits per heavy atom. The minimum atomic E-state index is -0.00461. The largest absolute Gasteiger partial charge is 0.395 e. The van der Waals surface area contributed by atoms with E-state index in [0.29, 0.717) is 17.5 Å². The zero-order chi connectivity index (χ0) is 11.5. The van der Waals surface area contributed by atoms with Gasteiger partial charge in [0, 0.05) is 12.1 Å². The minimum Gasteiger partial charge on any atom is -0.395 e. The highest BCUT2D eigenvalue weighted by molar-refractivity contribution is 6.32. The highest BCUT2D eigenvalue weighted by atomic mass is 35.5. The summed E-state index contributed by atoms with van der Waals surface area (Å²) in [7, 11) is 0. The van der Waals surface area contributed by atoms with Gasteiger partial charge in [0.25, 0.3) is 0 Å². The van der Waals surface area contributed by atoms with E-state index in [-0.39, 0.29) is 12.4 Å². The molecule has 0 radical (unpaired) electrons. The van der Waals surface area contributed by atoms with Crippen LogP contribution in [0.5, 0.6) is 0 Å². The van der Waals surface area contributed by atoms with Crippen LogP contribution in [0.3, 0.4) is 0 Å². The van der Waals surface area contributed by atoms with Gasteiger partial charge in [-0.3, -0.25) is 0 Å².